The highest BCUT2D eigenvalue weighted by molar-refractivity contribution is 5.41. The summed E-state index contributed by atoms with van der Waals surface area (Å²) in [7, 11) is 1.61. The number of terminal acetylenes is 1. The summed E-state index contributed by atoms with van der Waals surface area (Å²) in [4.78, 5) is 20.6. The quantitative estimate of drug-likeness (QED) is 0.749. The van der Waals surface area contributed by atoms with Gasteiger partial charge in [-0.2, -0.15) is 15.0 Å². The highest BCUT2D eigenvalue weighted by Gasteiger charge is 2.22. The van der Waals surface area contributed by atoms with Crippen molar-refractivity contribution in [2.75, 3.05) is 62.7 Å². The summed E-state index contributed by atoms with van der Waals surface area (Å²) in [5.41, 5.74) is 0. The Morgan fingerprint density at radius 2 is 1.48 bits per heavy atom. The Kier molecular flexibility index (Phi) is 6.29. The molecule has 3 heterocycles. The lowest BCUT2D eigenvalue weighted by molar-refractivity contribution is 0.262. The number of anilines is 2. The van der Waals surface area contributed by atoms with Gasteiger partial charge < -0.3 is 14.5 Å². The Bertz CT molecular complexity index is 586. The van der Waals surface area contributed by atoms with E-state index in [-0.39, 0.29) is 0 Å². The van der Waals surface area contributed by atoms with Crippen LogP contribution in [-0.2, 0) is 0 Å². The summed E-state index contributed by atoms with van der Waals surface area (Å²) in [5, 5.41) is 0. The van der Waals surface area contributed by atoms with Gasteiger partial charge in [0.25, 0.3) is 0 Å². The first kappa shape index (κ1) is 17.7. The molecule has 0 aliphatic carbocycles. The summed E-state index contributed by atoms with van der Waals surface area (Å²) in [6.45, 7) is 6.74. The van der Waals surface area contributed by atoms with Crippen molar-refractivity contribution in [2.24, 2.45) is 0 Å². The first-order chi connectivity index (χ1) is 12.3. The lowest BCUT2D eigenvalue weighted by atomic mass is 10.2. The number of piperazine rings is 1. The van der Waals surface area contributed by atoms with E-state index in [0.717, 1.165) is 64.1 Å². The smallest absolute Gasteiger partial charge is 0.322 e. The molecule has 136 valence electrons. The molecule has 2 aliphatic rings. The van der Waals surface area contributed by atoms with Crippen LogP contribution in [0.15, 0.2) is 0 Å². The molecule has 0 atom stereocenters. The predicted octanol–water partition coefficient (Wildman–Crippen LogP) is 1.41. The Labute approximate surface area is 150 Å². The third-order valence-electron chi connectivity index (χ3n) is 4.89. The number of hydrogen-bond acceptors (Lipinski definition) is 7. The fraction of sp³-hybridized carbons (Fsp3) is 0.722. The Balaban J connectivity index is 1.71. The second-order valence-electron chi connectivity index (χ2n) is 6.61. The van der Waals surface area contributed by atoms with Crippen LogP contribution in [0.25, 0.3) is 0 Å². The second kappa shape index (κ2) is 8.86. The molecule has 2 aliphatic heterocycles. The minimum absolute atomic E-state index is 0.402. The Morgan fingerprint density at radius 3 is 2.04 bits per heavy atom. The largest absolute Gasteiger partial charge is 0.467 e. The molecule has 0 bridgehead atoms. The molecule has 0 radical (unpaired) electrons. The van der Waals surface area contributed by atoms with Crippen molar-refractivity contribution in [1.82, 2.24) is 19.9 Å². The Hall–Kier alpha value is -2.07. The fourth-order valence-electron chi connectivity index (χ4n) is 3.37. The molecule has 0 aromatic carbocycles. The Morgan fingerprint density at radius 1 is 0.880 bits per heavy atom. The van der Waals surface area contributed by atoms with Crippen molar-refractivity contribution in [3.05, 3.63) is 0 Å². The number of nitrogens with zero attached hydrogens (tertiary/aromatic N) is 6. The first-order valence-corrected chi connectivity index (χ1v) is 9.26. The van der Waals surface area contributed by atoms with Crippen LogP contribution in [0.2, 0.25) is 0 Å². The molecule has 25 heavy (non-hydrogen) atoms. The lowest BCUT2D eigenvalue weighted by Gasteiger charge is -2.34. The molecular weight excluding hydrogens is 316 g/mol. The van der Waals surface area contributed by atoms with E-state index in [9.17, 15) is 0 Å². The highest BCUT2D eigenvalue weighted by atomic mass is 16.5. The van der Waals surface area contributed by atoms with Crippen molar-refractivity contribution in [2.45, 2.75) is 32.1 Å². The first-order valence-electron chi connectivity index (χ1n) is 9.26. The highest BCUT2D eigenvalue weighted by Crippen LogP contribution is 2.21. The average Bonchev–Trinajstić information content (AvgIpc) is 2.96. The molecule has 7 nitrogen and oxygen atoms in total. The maximum absolute atomic E-state index is 5.36. The zero-order valence-electron chi connectivity index (χ0n) is 15.2. The van der Waals surface area contributed by atoms with Crippen molar-refractivity contribution in [3.8, 4) is 18.4 Å². The molecule has 1 aromatic heterocycles. The molecule has 0 spiro atoms. The molecule has 2 saturated heterocycles. The van der Waals surface area contributed by atoms with Gasteiger partial charge >= 0.3 is 6.01 Å². The third kappa shape index (κ3) is 4.73. The summed E-state index contributed by atoms with van der Waals surface area (Å²) >= 11 is 0. The standard InChI is InChI=1S/C18H28N6O/c1-3-4-9-22-12-14-24(15-13-22)17-19-16(20-18(21-17)25-2)23-10-7-5-6-8-11-23/h1H,4-15H2,2H3. The maximum Gasteiger partial charge on any atom is 0.322 e. The van der Waals surface area contributed by atoms with E-state index in [0.29, 0.717) is 6.01 Å². The molecular formula is C18H28N6O. The monoisotopic (exact) mass is 344 g/mol. The molecule has 0 saturated carbocycles. The SMILES string of the molecule is C#CCCN1CCN(c2nc(OC)nc(N3CCCCCC3)n2)CC1. The van der Waals surface area contributed by atoms with Crippen LogP contribution in [0.5, 0.6) is 6.01 Å². The molecule has 0 amide bonds. The topological polar surface area (TPSA) is 57.6 Å². The molecule has 0 unspecified atom stereocenters. The fourth-order valence-corrected chi connectivity index (χ4v) is 3.37. The van der Waals surface area contributed by atoms with Crippen LogP contribution < -0.4 is 14.5 Å². The van der Waals surface area contributed by atoms with Gasteiger partial charge in [-0.05, 0) is 12.8 Å². The normalized spacial score (nSPS) is 19.4. The van der Waals surface area contributed by atoms with Gasteiger partial charge in [0.2, 0.25) is 11.9 Å². The summed E-state index contributed by atoms with van der Waals surface area (Å²) in [6.07, 6.45) is 11.1. The minimum atomic E-state index is 0.402. The lowest BCUT2D eigenvalue weighted by Crippen LogP contribution is -2.47. The van der Waals surface area contributed by atoms with Crippen molar-refractivity contribution >= 4 is 11.9 Å². The van der Waals surface area contributed by atoms with E-state index in [1.807, 2.05) is 0 Å². The van der Waals surface area contributed by atoms with E-state index in [1.54, 1.807) is 7.11 Å². The molecule has 3 rings (SSSR count). The molecule has 7 heteroatoms. The third-order valence-corrected chi connectivity index (χ3v) is 4.89. The van der Waals surface area contributed by atoms with Gasteiger partial charge in [0.05, 0.1) is 7.11 Å². The van der Waals surface area contributed by atoms with E-state index in [1.165, 1.54) is 25.7 Å². The van der Waals surface area contributed by atoms with E-state index in [4.69, 9.17) is 16.1 Å². The molecule has 0 N–H and O–H groups in total. The van der Waals surface area contributed by atoms with Gasteiger partial charge in [0, 0.05) is 52.2 Å². The number of aromatic nitrogens is 3. The van der Waals surface area contributed by atoms with Crippen LogP contribution in [0.3, 0.4) is 0 Å². The van der Waals surface area contributed by atoms with Gasteiger partial charge in [-0.15, -0.1) is 12.3 Å². The van der Waals surface area contributed by atoms with Gasteiger partial charge in [0.1, 0.15) is 0 Å². The summed E-state index contributed by atoms with van der Waals surface area (Å²) in [5.74, 6) is 4.18. The number of rotatable bonds is 5. The van der Waals surface area contributed by atoms with Crippen LogP contribution in [0.4, 0.5) is 11.9 Å². The van der Waals surface area contributed by atoms with Crippen LogP contribution >= 0.6 is 0 Å². The van der Waals surface area contributed by atoms with Crippen molar-refractivity contribution < 1.29 is 4.74 Å². The van der Waals surface area contributed by atoms with Crippen molar-refractivity contribution in [1.29, 1.82) is 0 Å². The zero-order valence-corrected chi connectivity index (χ0v) is 15.2. The van der Waals surface area contributed by atoms with Crippen LogP contribution in [0.1, 0.15) is 32.1 Å². The van der Waals surface area contributed by atoms with E-state index < -0.39 is 0 Å². The van der Waals surface area contributed by atoms with Crippen LogP contribution in [0, 0.1) is 12.3 Å². The molecule has 2 fully saturated rings. The second-order valence-corrected chi connectivity index (χ2v) is 6.61. The van der Waals surface area contributed by atoms with Gasteiger partial charge in [-0.1, -0.05) is 12.8 Å². The maximum atomic E-state index is 5.36. The van der Waals surface area contributed by atoms with Gasteiger partial charge in [0.15, 0.2) is 0 Å². The van der Waals surface area contributed by atoms with Crippen molar-refractivity contribution in [3.63, 3.8) is 0 Å². The average molecular weight is 344 g/mol. The number of ether oxygens (including phenoxy) is 1. The predicted molar refractivity (Wildman–Crippen MR) is 99.2 cm³/mol. The summed E-state index contributed by atoms with van der Waals surface area (Å²) < 4.78 is 5.33. The molecule has 1 aromatic rings. The number of hydrogen-bond donors (Lipinski definition) is 0. The van der Waals surface area contributed by atoms with Gasteiger partial charge in [-0.25, -0.2) is 0 Å². The van der Waals surface area contributed by atoms with E-state index in [2.05, 4.69) is 30.6 Å². The van der Waals surface area contributed by atoms with Crippen LogP contribution in [-0.4, -0.2) is 72.8 Å². The summed E-state index contributed by atoms with van der Waals surface area (Å²) in [6, 6.07) is 0.402. The van der Waals surface area contributed by atoms with E-state index >= 15 is 0 Å². The minimum Gasteiger partial charge on any atom is -0.467 e. The number of methoxy groups -OCH3 is 1. The van der Waals surface area contributed by atoms with Gasteiger partial charge in [-0.3, -0.25) is 4.90 Å². The zero-order chi connectivity index (χ0) is 17.5.